The van der Waals surface area contributed by atoms with Crippen molar-refractivity contribution in [3.05, 3.63) is 53.0 Å². The topological polar surface area (TPSA) is 59.8 Å². The Morgan fingerprint density at radius 1 is 1.29 bits per heavy atom. The second-order valence-corrected chi connectivity index (χ2v) is 6.26. The number of furan rings is 1. The number of para-hydroxylation sites is 1. The largest absolute Gasteiger partial charge is 0.466 e. The van der Waals surface area contributed by atoms with Crippen LogP contribution in [0.15, 0.2) is 34.7 Å². The van der Waals surface area contributed by atoms with E-state index in [9.17, 15) is 9.59 Å². The number of rotatable bonds is 3. The Bertz CT molecular complexity index is 792. The molecule has 5 heteroatoms. The quantitative estimate of drug-likeness (QED) is 0.811. The van der Waals surface area contributed by atoms with Crippen LogP contribution in [0.5, 0.6) is 0 Å². The zero-order chi connectivity index (χ0) is 17.4. The molecule has 0 fully saturated rings. The number of hydrogen-bond donors (Lipinski definition) is 0. The molecule has 1 aromatic carbocycles. The van der Waals surface area contributed by atoms with Crippen LogP contribution in [-0.4, -0.2) is 24.0 Å². The standard InChI is InChI=1S/C19H21NO4/c1-11-9-15-7-5-6-8-17(15)20(11)18(21)14(4)24-19(22)16-10-12(2)23-13(16)3/h5-8,10-11,14H,9H2,1-4H3/t11-,14-/m0/s1. The highest BCUT2D eigenvalue weighted by Gasteiger charge is 2.34. The summed E-state index contributed by atoms with van der Waals surface area (Å²) in [6.07, 6.45) is -0.0523. The van der Waals surface area contributed by atoms with Gasteiger partial charge in [-0.1, -0.05) is 18.2 Å². The molecule has 0 unspecified atom stereocenters. The molecule has 0 spiro atoms. The lowest BCUT2D eigenvalue weighted by Crippen LogP contribution is -2.43. The van der Waals surface area contributed by atoms with Gasteiger partial charge in [-0.3, -0.25) is 4.79 Å². The van der Waals surface area contributed by atoms with Gasteiger partial charge in [0.05, 0.1) is 0 Å². The smallest absolute Gasteiger partial charge is 0.342 e. The fourth-order valence-corrected chi connectivity index (χ4v) is 3.21. The molecule has 126 valence electrons. The molecule has 0 bridgehead atoms. The van der Waals surface area contributed by atoms with Crippen molar-refractivity contribution in [3.8, 4) is 0 Å². The Morgan fingerprint density at radius 2 is 2.00 bits per heavy atom. The van der Waals surface area contributed by atoms with Crippen LogP contribution >= 0.6 is 0 Å². The van der Waals surface area contributed by atoms with Crippen molar-refractivity contribution in [2.45, 2.75) is 46.3 Å². The van der Waals surface area contributed by atoms with Crippen LogP contribution in [0.4, 0.5) is 5.69 Å². The zero-order valence-electron chi connectivity index (χ0n) is 14.3. The molecule has 2 atom stereocenters. The van der Waals surface area contributed by atoms with Crippen molar-refractivity contribution in [3.63, 3.8) is 0 Å². The van der Waals surface area contributed by atoms with E-state index in [0.717, 1.165) is 17.7 Å². The van der Waals surface area contributed by atoms with Crippen molar-refractivity contribution in [2.75, 3.05) is 4.90 Å². The molecule has 1 aliphatic rings. The summed E-state index contributed by atoms with van der Waals surface area (Å²) in [6.45, 7) is 7.07. The summed E-state index contributed by atoms with van der Waals surface area (Å²) in [5.74, 6) is 0.390. The van der Waals surface area contributed by atoms with Crippen LogP contribution < -0.4 is 4.90 Å². The molecule has 0 radical (unpaired) electrons. The highest BCUT2D eigenvalue weighted by molar-refractivity contribution is 6.01. The summed E-state index contributed by atoms with van der Waals surface area (Å²) in [4.78, 5) is 26.8. The summed E-state index contributed by atoms with van der Waals surface area (Å²) >= 11 is 0. The van der Waals surface area contributed by atoms with Crippen molar-refractivity contribution in [2.24, 2.45) is 0 Å². The molecule has 0 saturated carbocycles. The molecule has 1 aromatic heterocycles. The van der Waals surface area contributed by atoms with Gasteiger partial charge in [-0.25, -0.2) is 4.79 Å². The maximum atomic E-state index is 12.8. The van der Waals surface area contributed by atoms with E-state index in [1.54, 1.807) is 31.7 Å². The minimum absolute atomic E-state index is 0.0500. The lowest BCUT2D eigenvalue weighted by atomic mass is 10.1. The molecule has 1 aliphatic heterocycles. The van der Waals surface area contributed by atoms with Gasteiger partial charge in [-0.15, -0.1) is 0 Å². The van der Waals surface area contributed by atoms with Crippen LogP contribution in [-0.2, 0) is 16.0 Å². The third-order valence-electron chi connectivity index (χ3n) is 4.34. The van der Waals surface area contributed by atoms with Crippen LogP contribution in [0.1, 0.15) is 41.3 Å². The van der Waals surface area contributed by atoms with Gasteiger partial charge >= 0.3 is 5.97 Å². The van der Waals surface area contributed by atoms with Crippen LogP contribution in [0.2, 0.25) is 0 Å². The number of hydrogen-bond acceptors (Lipinski definition) is 4. The summed E-state index contributed by atoms with van der Waals surface area (Å²) in [5, 5.41) is 0. The highest BCUT2D eigenvalue weighted by Crippen LogP contribution is 2.32. The third kappa shape index (κ3) is 2.82. The molecule has 0 saturated heterocycles. The molecular weight excluding hydrogens is 306 g/mol. The summed E-state index contributed by atoms with van der Waals surface area (Å²) in [6, 6.07) is 9.50. The molecule has 0 aliphatic carbocycles. The van der Waals surface area contributed by atoms with E-state index in [0.29, 0.717) is 17.1 Å². The van der Waals surface area contributed by atoms with E-state index in [1.807, 2.05) is 31.2 Å². The van der Waals surface area contributed by atoms with Crippen LogP contribution in [0.25, 0.3) is 0 Å². The number of nitrogens with zero attached hydrogens (tertiary/aromatic N) is 1. The number of carbonyl (C=O) groups excluding carboxylic acids is 2. The van der Waals surface area contributed by atoms with Gasteiger partial charge in [-0.05, 0) is 51.8 Å². The second kappa shape index (κ2) is 6.15. The molecular formula is C19H21NO4. The number of anilines is 1. The van der Waals surface area contributed by atoms with E-state index >= 15 is 0 Å². The number of ether oxygens (including phenoxy) is 1. The van der Waals surface area contributed by atoms with Gasteiger partial charge in [-0.2, -0.15) is 0 Å². The molecule has 2 heterocycles. The van der Waals surface area contributed by atoms with Gasteiger partial charge in [0, 0.05) is 11.7 Å². The Balaban J connectivity index is 1.76. The van der Waals surface area contributed by atoms with Gasteiger partial charge in [0.1, 0.15) is 17.1 Å². The third-order valence-corrected chi connectivity index (χ3v) is 4.34. The fraction of sp³-hybridized carbons (Fsp3) is 0.368. The maximum Gasteiger partial charge on any atom is 0.342 e. The normalized spacial score (nSPS) is 17.5. The van der Waals surface area contributed by atoms with Gasteiger partial charge in [0.25, 0.3) is 5.91 Å². The Morgan fingerprint density at radius 3 is 2.67 bits per heavy atom. The van der Waals surface area contributed by atoms with E-state index < -0.39 is 12.1 Å². The lowest BCUT2D eigenvalue weighted by Gasteiger charge is -2.25. The summed E-state index contributed by atoms with van der Waals surface area (Å²) in [7, 11) is 0. The molecule has 5 nitrogen and oxygen atoms in total. The summed E-state index contributed by atoms with van der Waals surface area (Å²) in [5.41, 5.74) is 2.40. The first-order valence-corrected chi connectivity index (χ1v) is 8.07. The molecule has 0 N–H and O–H groups in total. The van der Waals surface area contributed by atoms with Crippen molar-refractivity contribution < 1.29 is 18.7 Å². The number of amides is 1. The first-order valence-electron chi connectivity index (χ1n) is 8.07. The molecule has 1 amide bonds. The minimum atomic E-state index is -0.860. The number of fused-ring (bicyclic) bond motifs is 1. The minimum Gasteiger partial charge on any atom is -0.466 e. The second-order valence-electron chi connectivity index (χ2n) is 6.26. The highest BCUT2D eigenvalue weighted by atomic mass is 16.5. The molecule has 2 aromatic rings. The zero-order valence-corrected chi connectivity index (χ0v) is 14.3. The Hall–Kier alpha value is -2.56. The fourth-order valence-electron chi connectivity index (χ4n) is 3.21. The predicted molar refractivity (Wildman–Crippen MR) is 90.2 cm³/mol. The van der Waals surface area contributed by atoms with E-state index in [4.69, 9.17) is 9.15 Å². The average molecular weight is 327 g/mol. The van der Waals surface area contributed by atoms with Crippen LogP contribution in [0.3, 0.4) is 0 Å². The lowest BCUT2D eigenvalue weighted by molar-refractivity contribution is -0.126. The van der Waals surface area contributed by atoms with Crippen molar-refractivity contribution in [1.82, 2.24) is 0 Å². The van der Waals surface area contributed by atoms with Crippen molar-refractivity contribution in [1.29, 1.82) is 0 Å². The SMILES string of the molecule is Cc1cc(C(=O)O[C@@H](C)C(=O)N2c3ccccc3C[C@@H]2C)c(C)o1. The predicted octanol–water partition coefficient (Wildman–Crippen LogP) is 3.42. The molecule has 3 rings (SSSR count). The first kappa shape index (κ1) is 16.3. The van der Waals surface area contributed by atoms with E-state index in [-0.39, 0.29) is 11.9 Å². The number of esters is 1. The van der Waals surface area contributed by atoms with Gasteiger partial charge in [0.15, 0.2) is 6.10 Å². The summed E-state index contributed by atoms with van der Waals surface area (Å²) < 4.78 is 10.7. The number of carbonyl (C=O) groups is 2. The number of benzene rings is 1. The van der Waals surface area contributed by atoms with E-state index in [1.165, 1.54) is 0 Å². The number of aryl methyl sites for hydroxylation is 2. The van der Waals surface area contributed by atoms with Gasteiger partial charge in [0.2, 0.25) is 0 Å². The monoisotopic (exact) mass is 327 g/mol. The first-order chi connectivity index (χ1) is 11.4. The van der Waals surface area contributed by atoms with Crippen molar-refractivity contribution >= 4 is 17.6 Å². The van der Waals surface area contributed by atoms with Gasteiger partial charge < -0.3 is 14.1 Å². The van der Waals surface area contributed by atoms with Crippen LogP contribution in [0, 0.1) is 13.8 Å². The maximum absolute atomic E-state index is 12.8. The molecule has 24 heavy (non-hydrogen) atoms. The average Bonchev–Trinajstić information content (AvgIpc) is 3.04. The Labute approximate surface area is 141 Å². The van der Waals surface area contributed by atoms with E-state index in [2.05, 4.69) is 0 Å². The Kier molecular flexibility index (Phi) is 4.18.